The summed E-state index contributed by atoms with van der Waals surface area (Å²) in [5, 5.41) is 0. The number of halogens is 4. The second-order valence-electron chi connectivity index (χ2n) is 2.71. The topological polar surface area (TPSA) is 9.23 Å². The van der Waals surface area contributed by atoms with Gasteiger partial charge in [-0.25, -0.2) is 4.39 Å². The van der Waals surface area contributed by atoms with E-state index in [0.717, 1.165) is 19.2 Å². The van der Waals surface area contributed by atoms with E-state index in [1.54, 1.807) is 0 Å². The number of ether oxygens (including phenoxy) is 1. The summed E-state index contributed by atoms with van der Waals surface area (Å²) in [5.74, 6) is -0.714. The van der Waals surface area contributed by atoms with E-state index in [-0.39, 0.29) is 5.56 Å². The summed E-state index contributed by atoms with van der Waals surface area (Å²) >= 11 is 0. The molecule has 1 nitrogen and oxygen atoms in total. The van der Waals surface area contributed by atoms with Gasteiger partial charge >= 0.3 is 6.18 Å². The van der Waals surface area contributed by atoms with Crippen LogP contribution in [0.3, 0.4) is 0 Å². The number of hydrogen-bond donors (Lipinski definition) is 0. The van der Waals surface area contributed by atoms with Crippen LogP contribution in [-0.4, -0.2) is 13.3 Å². The zero-order valence-electron chi connectivity index (χ0n) is 7.31. The SMILES string of the molecule is COC(c1cccc(F)c1)C(F)(F)F. The molecule has 1 atom stereocenters. The van der Waals surface area contributed by atoms with E-state index in [9.17, 15) is 17.6 Å². The fraction of sp³-hybridized carbons (Fsp3) is 0.333. The third-order valence-electron chi connectivity index (χ3n) is 1.68. The van der Waals surface area contributed by atoms with Crippen LogP contribution in [0.25, 0.3) is 0 Å². The molecule has 78 valence electrons. The normalized spacial score (nSPS) is 14.1. The molecule has 1 rings (SSSR count). The number of alkyl halides is 3. The Bertz CT molecular complexity index is 308. The summed E-state index contributed by atoms with van der Waals surface area (Å²) in [4.78, 5) is 0. The van der Waals surface area contributed by atoms with Crippen molar-refractivity contribution < 1.29 is 22.3 Å². The standard InChI is InChI=1S/C9H8F4O/c1-14-8(9(11,12)13)6-3-2-4-7(10)5-6/h2-5,8H,1H3. The molecule has 0 aromatic heterocycles. The first-order valence-electron chi connectivity index (χ1n) is 3.80. The molecule has 0 aliphatic carbocycles. The van der Waals surface area contributed by atoms with Gasteiger partial charge in [-0.15, -0.1) is 0 Å². The van der Waals surface area contributed by atoms with Crippen molar-refractivity contribution in [3.63, 3.8) is 0 Å². The minimum atomic E-state index is -4.53. The Morgan fingerprint density at radius 2 is 1.93 bits per heavy atom. The van der Waals surface area contributed by atoms with Crippen LogP contribution in [0.1, 0.15) is 11.7 Å². The molecular weight excluding hydrogens is 200 g/mol. The number of rotatable bonds is 2. The third kappa shape index (κ3) is 2.45. The molecule has 0 fully saturated rings. The molecular formula is C9H8F4O. The Morgan fingerprint density at radius 1 is 1.29 bits per heavy atom. The highest BCUT2D eigenvalue weighted by molar-refractivity contribution is 5.20. The van der Waals surface area contributed by atoms with Gasteiger partial charge in [0.15, 0.2) is 6.10 Å². The van der Waals surface area contributed by atoms with E-state index in [1.807, 2.05) is 0 Å². The molecule has 0 saturated heterocycles. The minimum Gasteiger partial charge on any atom is -0.367 e. The van der Waals surface area contributed by atoms with Crippen LogP contribution in [0.2, 0.25) is 0 Å². The smallest absolute Gasteiger partial charge is 0.367 e. The Labute approximate surface area is 78.3 Å². The molecule has 0 aliphatic heterocycles. The predicted molar refractivity (Wildman–Crippen MR) is 42.2 cm³/mol. The van der Waals surface area contributed by atoms with Gasteiger partial charge in [-0.2, -0.15) is 13.2 Å². The molecule has 1 unspecified atom stereocenters. The van der Waals surface area contributed by atoms with E-state index in [2.05, 4.69) is 4.74 Å². The summed E-state index contributed by atoms with van der Waals surface area (Å²) in [7, 11) is 0.934. The van der Waals surface area contributed by atoms with Crippen molar-refractivity contribution in [3.8, 4) is 0 Å². The largest absolute Gasteiger partial charge is 0.418 e. The molecule has 1 aromatic carbocycles. The van der Waals surface area contributed by atoms with E-state index < -0.39 is 18.1 Å². The maximum Gasteiger partial charge on any atom is 0.418 e. The molecule has 5 heteroatoms. The molecule has 0 saturated carbocycles. The lowest BCUT2D eigenvalue weighted by molar-refractivity contribution is -0.216. The monoisotopic (exact) mass is 208 g/mol. The van der Waals surface area contributed by atoms with E-state index in [0.29, 0.717) is 0 Å². The van der Waals surface area contributed by atoms with Crippen LogP contribution in [0.15, 0.2) is 24.3 Å². The zero-order valence-corrected chi connectivity index (χ0v) is 7.31. The van der Waals surface area contributed by atoms with Crippen LogP contribution >= 0.6 is 0 Å². The first-order valence-corrected chi connectivity index (χ1v) is 3.80. The molecule has 0 amide bonds. The van der Waals surface area contributed by atoms with E-state index in [1.165, 1.54) is 12.1 Å². The maximum atomic E-state index is 12.6. The van der Waals surface area contributed by atoms with Gasteiger partial charge in [0.25, 0.3) is 0 Å². The van der Waals surface area contributed by atoms with Crippen molar-refractivity contribution in [2.75, 3.05) is 7.11 Å². The van der Waals surface area contributed by atoms with Crippen molar-refractivity contribution in [2.45, 2.75) is 12.3 Å². The summed E-state index contributed by atoms with van der Waals surface area (Å²) in [6.45, 7) is 0. The van der Waals surface area contributed by atoms with Crippen LogP contribution in [0.4, 0.5) is 17.6 Å². The molecule has 0 N–H and O–H groups in total. The predicted octanol–water partition coefficient (Wildman–Crippen LogP) is 3.08. The lowest BCUT2D eigenvalue weighted by Crippen LogP contribution is -2.22. The maximum absolute atomic E-state index is 12.6. The van der Waals surface area contributed by atoms with Gasteiger partial charge in [0.2, 0.25) is 0 Å². The second-order valence-corrected chi connectivity index (χ2v) is 2.71. The van der Waals surface area contributed by atoms with Gasteiger partial charge in [0.05, 0.1) is 0 Å². The molecule has 0 bridgehead atoms. The van der Waals surface area contributed by atoms with Crippen molar-refractivity contribution in [2.24, 2.45) is 0 Å². The van der Waals surface area contributed by atoms with Gasteiger partial charge in [0.1, 0.15) is 5.82 Å². The quantitative estimate of drug-likeness (QED) is 0.678. The third-order valence-corrected chi connectivity index (χ3v) is 1.68. The zero-order chi connectivity index (χ0) is 10.8. The van der Waals surface area contributed by atoms with E-state index in [4.69, 9.17) is 0 Å². The van der Waals surface area contributed by atoms with Gasteiger partial charge in [0, 0.05) is 7.11 Å². The fourth-order valence-corrected chi connectivity index (χ4v) is 1.13. The average Bonchev–Trinajstić information content (AvgIpc) is 2.02. The van der Waals surface area contributed by atoms with Crippen molar-refractivity contribution in [1.29, 1.82) is 0 Å². The molecule has 0 radical (unpaired) electrons. The first kappa shape index (κ1) is 11.0. The fourth-order valence-electron chi connectivity index (χ4n) is 1.13. The summed E-state index contributed by atoms with van der Waals surface area (Å²) in [5.41, 5.74) is -0.236. The highest BCUT2D eigenvalue weighted by Crippen LogP contribution is 2.35. The average molecular weight is 208 g/mol. The second kappa shape index (κ2) is 3.96. The number of methoxy groups -OCH3 is 1. The van der Waals surface area contributed by atoms with Gasteiger partial charge in [-0.1, -0.05) is 12.1 Å². The van der Waals surface area contributed by atoms with Crippen LogP contribution in [-0.2, 0) is 4.74 Å². The molecule has 14 heavy (non-hydrogen) atoms. The van der Waals surface area contributed by atoms with Gasteiger partial charge in [-0.3, -0.25) is 0 Å². The van der Waals surface area contributed by atoms with Gasteiger partial charge in [-0.05, 0) is 17.7 Å². The number of benzene rings is 1. The summed E-state index contributed by atoms with van der Waals surface area (Å²) < 4.78 is 53.8. The van der Waals surface area contributed by atoms with Crippen molar-refractivity contribution >= 4 is 0 Å². The van der Waals surface area contributed by atoms with E-state index >= 15 is 0 Å². The lowest BCUT2D eigenvalue weighted by Gasteiger charge is -2.18. The number of hydrogen-bond acceptors (Lipinski definition) is 1. The van der Waals surface area contributed by atoms with Gasteiger partial charge < -0.3 is 4.74 Å². The van der Waals surface area contributed by atoms with Crippen LogP contribution in [0.5, 0.6) is 0 Å². The van der Waals surface area contributed by atoms with Crippen molar-refractivity contribution in [1.82, 2.24) is 0 Å². The Balaban J connectivity index is 3.01. The van der Waals surface area contributed by atoms with Crippen LogP contribution in [0, 0.1) is 5.82 Å². The molecule has 1 aromatic rings. The Kier molecular flexibility index (Phi) is 3.10. The highest BCUT2D eigenvalue weighted by atomic mass is 19.4. The lowest BCUT2D eigenvalue weighted by atomic mass is 10.1. The Hall–Kier alpha value is -1.10. The molecule has 0 spiro atoms. The summed E-state index contributed by atoms with van der Waals surface area (Å²) in [6, 6.07) is 4.27. The first-order chi connectivity index (χ1) is 6.45. The molecule has 0 aliphatic rings. The minimum absolute atomic E-state index is 0.236. The van der Waals surface area contributed by atoms with Crippen molar-refractivity contribution in [3.05, 3.63) is 35.6 Å². The summed E-state index contributed by atoms with van der Waals surface area (Å²) in [6.07, 6.45) is -6.60. The Morgan fingerprint density at radius 3 is 2.36 bits per heavy atom. The van der Waals surface area contributed by atoms with Crippen LogP contribution < -0.4 is 0 Å². The highest BCUT2D eigenvalue weighted by Gasteiger charge is 2.41. The molecule has 0 heterocycles.